The standard InChI is InChI=1S/C24H27N3O3S/c1-3-25-24(31)27(8-7-17-6-4-5-16(2)11-17)15-19-12-18-13-21-22(30-10-9-29-21)14-20(18)26-23(19)28/h4-6,11-14H,3,7-10,15H2,1-2H3,(H,25,31)(H,26,28). The van der Waals surface area contributed by atoms with E-state index in [2.05, 4.69) is 46.4 Å². The number of pyridine rings is 1. The fraction of sp³-hybridized carbons (Fsp3) is 0.333. The third-order valence-electron chi connectivity index (χ3n) is 5.31. The maximum atomic E-state index is 12.8. The molecule has 7 heteroatoms. The molecule has 0 saturated heterocycles. The van der Waals surface area contributed by atoms with Crippen molar-refractivity contribution in [3.05, 3.63) is 69.5 Å². The quantitative estimate of drug-likeness (QED) is 0.575. The Morgan fingerprint density at radius 3 is 2.68 bits per heavy atom. The average molecular weight is 438 g/mol. The molecule has 6 nitrogen and oxygen atoms in total. The molecule has 0 fully saturated rings. The number of benzene rings is 2. The summed E-state index contributed by atoms with van der Waals surface area (Å²) in [5, 5.41) is 4.78. The van der Waals surface area contributed by atoms with Crippen LogP contribution < -0.4 is 20.3 Å². The monoisotopic (exact) mass is 437 g/mol. The molecule has 0 amide bonds. The van der Waals surface area contributed by atoms with E-state index in [1.807, 2.05) is 25.1 Å². The molecule has 0 radical (unpaired) electrons. The van der Waals surface area contributed by atoms with Gasteiger partial charge in [-0.05, 0) is 50.2 Å². The van der Waals surface area contributed by atoms with Crippen molar-refractivity contribution in [2.75, 3.05) is 26.3 Å². The SMILES string of the molecule is CCNC(=S)N(CCc1cccc(C)c1)Cc1cc2cc3c(cc2[nH]c1=O)OCCO3. The van der Waals surface area contributed by atoms with Gasteiger partial charge in [0, 0.05) is 30.1 Å². The normalized spacial score (nSPS) is 12.6. The van der Waals surface area contributed by atoms with Crippen LogP contribution in [0.2, 0.25) is 0 Å². The molecule has 0 bridgehead atoms. The Morgan fingerprint density at radius 1 is 1.16 bits per heavy atom. The van der Waals surface area contributed by atoms with Crippen molar-refractivity contribution in [2.24, 2.45) is 0 Å². The van der Waals surface area contributed by atoms with Crippen LogP contribution in [0.25, 0.3) is 10.9 Å². The Balaban J connectivity index is 1.59. The molecule has 1 aromatic heterocycles. The van der Waals surface area contributed by atoms with Crippen molar-refractivity contribution in [3.8, 4) is 11.5 Å². The van der Waals surface area contributed by atoms with Crippen LogP contribution in [-0.4, -0.2) is 41.3 Å². The van der Waals surface area contributed by atoms with Gasteiger partial charge < -0.3 is 24.7 Å². The van der Waals surface area contributed by atoms with Crippen LogP contribution in [0.5, 0.6) is 11.5 Å². The second-order valence-corrected chi connectivity index (χ2v) is 8.09. The van der Waals surface area contributed by atoms with Crippen molar-refractivity contribution in [3.63, 3.8) is 0 Å². The van der Waals surface area contributed by atoms with E-state index in [-0.39, 0.29) is 5.56 Å². The van der Waals surface area contributed by atoms with Gasteiger partial charge in [0.2, 0.25) is 0 Å². The fourth-order valence-corrected chi connectivity index (χ4v) is 4.06. The van der Waals surface area contributed by atoms with Crippen LogP contribution in [0.1, 0.15) is 23.6 Å². The first-order valence-electron chi connectivity index (χ1n) is 10.6. The van der Waals surface area contributed by atoms with E-state index in [0.717, 1.165) is 23.9 Å². The van der Waals surface area contributed by atoms with E-state index in [1.54, 1.807) is 0 Å². The van der Waals surface area contributed by atoms with Gasteiger partial charge in [0.05, 0.1) is 12.1 Å². The van der Waals surface area contributed by atoms with E-state index >= 15 is 0 Å². The zero-order valence-corrected chi connectivity index (χ0v) is 18.7. The fourth-order valence-electron chi connectivity index (χ4n) is 3.76. The topological polar surface area (TPSA) is 66.6 Å². The first kappa shape index (κ1) is 21.2. The zero-order valence-electron chi connectivity index (χ0n) is 17.9. The molecule has 0 spiro atoms. The number of H-pyrrole nitrogens is 1. The van der Waals surface area contributed by atoms with Gasteiger partial charge in [0.15, 0.2) is 16.6 Å². The summed E-state index contributed by atoms with van der Waals surface area (Å²) in [6, 6.07) is 14.1. The highest BCUT2D eigenvalue weighted by Gasteiger charge is 2.16. The summed E-state index contributed by atoms with van der Waals surface area (Å²) >= 11 is 5.60. The number of rotatable bonds is 6. The predicted molar refractivity (Wildman–Crippen MR) is 127 cm³/mol. The lowest BCUT2D eigenvalue weighted by Gasteiger charge is -2.26. The summed E-state index contributed by atoms with van der Waals surface area (Å²) in [4.78, 5) is 17.9. The smallest absolute Gasteiger partial charge is 0.253 e. The molecular formula is C24H27N3O3S. The van der Waals surface area contributed by atoms with Gasteiger partial charge in [-0.3, -0.25) is 4.79 Å². The zero-order chi connectivity index (χ0) is 21.8. The maximum Gasteiger partial charge on any atom is 0.253 e. The summed E-state index contributed by atoms with van der Waals surface area (Å²) < 4.78 is 11.3. The molecule has 0 unspecified atom stereocenters. The molecule has 1 aliphatic rings. The van der Waals surface area contributed by atoms with Crippen LogP contribution in [-0.2, 0) is 13.0 Å². The van der Waals surface area contributed by atoms with E-state index in [9.17, 15) is 4.79 Å². The highest BCUT2D eigenvalue weighted by atomic mass is 32.1. The molecule has 0 atom stereocenters. The number of ether oxygens (including phenoxy) is 2. The van der Waals surface area contributed by atoms with Crippen LogP contribution in [0.3, 0.4) is 0 Å². The van der Waals surface area contributed by atoms with Crippen LogP contribution in [0, 0.1) is 6.92 Å². The number of hydrogen-bond donors (Lipinski definition) is 2. The van der Waals surface area contributed by atoms with Gasteiger partial charge in [-0.1, -0.05) is 29.8 Å². The lowest BCUT2D eigenvalue weighted by molar-refractivity contribution is 0.172. The lowest BCUT2D eigenvalue weighted by Crippen LogP contribution is -2.41. The third kappa shape index (κ3) is 4.99. The Kier molecular flexibility index (Phi) is 6.42. The summed E-state index contributed by atoms with van der Waals surface area (Å²) in [7, 11) is 0. The predicted octanol–water partition coefficient (Wildman–Crippen LogP) is 3.55. The first-order valence-corrected chi connectivity index (χ1v) is 11.0. The minimum absolute atomic E-state index is 0.121. The van der Waals surface area contributed by atoms with E-state index < -0.39 is 0 Å². The summed E-state index contributed by atoms with van der Waals surface area (Å²) in [6.45, 7) is 7.02. The first-order chi connectivity index (χ1) is 15.0. The number of aromatic amines is 1. The van der Waals surface area contributed by atoms with Crippen molar-refractivity contribution in [1.29, 1.82) is 0 Å². The molecule has 0 saturated carbocycles. The van der Waals surface area contributed by atoms with E-state index in [1.165, 1.54) is 11.1 Å². The molecule has 0 aliphatic carbocycles. The lowest BCUT2D eigenvalue weighted by atomic mass is 10.1. The number of nitrogens with zero attached hydrogens (tertiary/aromatic N) is 1. The molecule has 2 N–H and O–H groups in total. The maximum absolute atomic E-state index is 12.8. The molecule has 4 rings (SSSR count). The second kappa shape index (κ2) is 9.39. The molecule has 3 aromatic rings. The minimum atomic E-state index is -0.121. The molecular weight excluding hydrogens is 410 g/mol. The number of fused-ring (bicyclic) bond motifs is 2. The van der Waals surface area contributed by atoms with Gasteiger partial charge in [-0.25, -0.2) is 0 Å². The molecule has 162 valence electrons. The molecule has 31 heavy (non-hydrogen) atoms. The average Bonchev–Trinajstić information content (AvgIpc) is 2.75. The van der Waals surface area contributed by atoms with Gasteiger partial charge in [-0.2, -0.15) is 0 Å². The summed E-state index contributed by atoms with van der Waals surface area (Å²) in [6.07, 6.45) is 0.845. The second-order valence-electron chi connectivity index (χ2n) is 7.70. The van der Waals surface area contributed by atoms with E-state index in [0.29, 0.717) is 48.5 Å². The number of thiocarbonyl (C=S) groups is 1. The highest BCUT2D eigenvalue weighted by Crippen LogP contribution is 2.33. The highest BCUT2D eigenvalue weighted by molar-refractivity contribution is 7.80. The van der Waals surface area contributed by atoms with Gasteiger partial charge in [-0.15, -0.1) is 0 Å². The van der Waals surface area contributed by atoms with E-state index in [4.69, 9.17) is 21.7 Å². The van der Waals surface area contributed by atoms with Crippen molar-refractivity contribution in [1.82, 2.24) is 15.2 Å². The number of aromatic nitrogens is 1. The van der Waals surface area contributed by atoms with Crippen molar-refractivity contribution < 1.29 is 9.47 Å². The van der Waals surface area contributed by atoms with Crippen molar-refractivity contribution >= 4 is 28.2 Å². The minimum Gasteiger partial charge on any atom is -0.486 e. The Bertz CT molecular complexity index is 1160. The van der Waals surface area contributed by atoms with Gasteiger partial charge >= 0.3 is 0 Å². The molecule has 2 heterocycles. The number of nitrogens with one attached hydrogen (secondary N) is 2. The van der Waals surface area contributed by atoms with Crippen LogP contribution in [0.4, 0.5) is 0 Å². The summed E-state index contributed by atoms with van der Waals surface area (Å²) in [5.74, 6) is 1.37. The number of aryl methyl sites for hydroxylation is 1. The van der Waals surface area contributed by atoms with Crippen LogP contribution in [0.15, 0.2) is 47.3 Å². The molecule has 1 aliphatic heterocycles. The number of hydrogen-bond acceptors (Lipinski definition) is 4. The van der Waals surface area contributed by atoms with Gasteiger partial charge in [0.1, 0.15) is 13.2 Å². The Labute approximate surface area is 187 Å². The Morgan fingerprint density at radius 2 is 1.94 bits per heavy atom. The molecule has 2 aromatic carbocycles. The largest absolute Gasteiger partial charge is 0.486 e. The van der Waals surface area contributed by atoms with Crippen LogP contribution >= 0.6 is 12.2 Å². The third-order valence-corrected chi connectivity index (χ3v) is 5.72. The van der Waals surface area contributed by atoms with Crippen molar-refractivity contribution in [2.45, 2.75) is 26.8 Å². The summed E-state index contributed by atoms with van der Waals surface area (Å²) in [5.41, 5.74) is 3.76. The van der Waals surface area contributed by atoms with Gasteiger partial charge in [0.25, 0.3) is 5.56 Å². The Hall–Kier alpha value is -3.06.